The first-order valence-electron chi connectivity index (χ1n) is 9.63. The zero-order valence-electron chi connectivity index (χ0n) is 15.9. The number of carbonyl (C=O) groups is 1. The van der Waals surface area contributed by atoms with Crippen LogP contribution in [0.4, 0.5) is 5.82 Å². The fourth-order valence-corrected chi connectivity index (χ4v) is 4.02. The Morgan fingerprint density at radius 2 is 2.11 bits per heavy atom. The molecule has 0 amide bonds. The SMILES string of the molecule is COc1cccc(C[C@@]2(C(=O)O)CN(c3cc(C4CC4)ncn3)CC[C@@H]2O)c1. The number of anilines is 1. The van der Waals surface area contributed by atoms with Crippen molar-refractivity contribution in [2.24, 2.45) is 5.41 Å². The second-order valence-electron chi connectivity index (χ2n) is 7.79. The molecule has 28 heavy (non-hydrogen) atoms. The van der Waals surface area contributed by atoms with Gasteiger partial charge in [0.2, 0.25) is 0 Å². The predicted octanol–water partition coefficient (Wildman–Crippen LogP) is 2.25. The maximum absolute atomic E-state index is 12.4. The van der Waals surface area contributed by atoms with Gasteiger partial charge >= 0.3 is 5.97 Å². The van der Waals surface area contributed by atoms with Crippen molar-refractivity contribution in [2.45, 2.75) is 37.7 Å². The van der Waals surface area contributed by atoms with Crippen molar-refractivity contribution < 1.29 is 19.7 Å². The Balaban J connectivity index is 1.63. The Labute approximate surface area is 164 Å². The number of carboxylic acids is 1. The summed E-state index contributed by atoms with van der Waals surface area (Å²) in [6.07, 6.45) is 3.50. The molecule has 1 aliphatic heterocycles. The summed E-state index contributed by atoms with van der Waals surface area (Å²) in [5.41, 5.74) is 0.531. The Morgan fingerprint density at radius 3 is 2.82 bits per heavy atom. The van der Waals surface area contributed by atoms with E-state index in [9.17, 15) is 15.0 Å². The molecule has 0 unspecified atom stereocenters. The molecule has 1 aromatic carbocycles. The average molecular weight is 383 g/mol. The van der Waals surface area contributed by atoms with Gasteiger partial charge in [0, 0.05) is 30.8 Å². The van der Waals surface area contributed by atoms with Crippen LogP contribution in [0.25, 0.3) is 0 Å². The quantitative estimate of drug-likeness (QED) is 0.790. The van der Waals surface area contributed by atoms with E-state index in [1.54, 1.807) is 13.4 Å². The maximum Gasteiger partial charge on any atom is 0.314 e. The number of nitrogens with zero attached hydrogens (tertiary/aromatic N) is 3. The number of ether oxygens (including phenoxy) is 1. The second kappa shape index (κ2) is 7.39. The number of aliphatic carboxylic acids is 1. The minimum atomic E-state index is -1.31. The second-order valence-corrected chi connectivity index (χ2v) is 7.79. The largest absolute Gasteiger partial charge is 0.497 e. The van der Waals surface area contributed by atoms with Crippen LogP contribution in [-0.2, 0) is 11.2 Å². The van der Waals surface area contributed by atoms with Crippen LogP contribution < -0.4 is 9.64 Å². The highest BCUT2D eigenvalue weighted by atomic mass is 16.5. The van der Waals surface area contributed by atoms with Gasteiger partial charge in [-0.3, -0.25) is 4.79 Å². The van der Waals surface area contributed by atoms with Gasteiger partial charge in [-0.2, -0.15) is 0 Å². The van der Waals surface area contributed by atoms with Crippen molar-refractivity contribution >= 4 is 11.8 Å². The lowest BCUT2D eigenvalue weighted by Crippen LogP contribution is -2.57. The monoisotopic (exact) mass is 383 g/mol. The number of carboxylic acid groups (broad SMARTS) is 1. The molecule has 1 saturated heterocycles. The van der Waals surface area contributed by atoms with Crippen molar-refractivity contribution in [2.75, 3.05) is 25.1 Å². The first-order chi connectivity index (χ1) is 13.5. The predicted molar refractivity (Wildman–Crippen MR) is 104 cm³/mol. The molecule has 2 N–H and O–H groups in total. The van der Waals surface area contributed by atoms with E-state index in [0.717, 1.165) is 29.9 Å². The van der Waals surface area contributed by atoms with E-state index in [0.29, 0.717) is 24.6 Å². The third-order valence-electron chi connectivity index (χ3n) is 5.86. The molecular formula is C21H25N3O4. The fraction of sp³-hybridized carbons (Fsp3) is 0.476. The van der Waals surface area contributed by atoms with E-state index >= 15 is 0 Å². The molecule has 7 heteroatoms. The Morgan fingerprint density at radius 1 is 1.29 bits per heavy atom. The van der Waals surface area contributed by atoms with Gasteiger partial charge in [-0.25, -0.2) is 9.97 Å². The number of benzene rings is 1. The zero-order valence-corrected chi connectivity index (χ0v) is 15.9. The number of hydrogen-bond acceptors (Lipinski definition) is 6. The number of rotatable bonds is 6. The minimum Gasteiger partial charge on any atom is -0.497 e. The van der Waals surface area contributed by atoms with Crippen LogP contribution in [-0.4, -0.2) is 52.5 Å². The summed E-state index contributed by atoms with van der Waals surface area (Å²) in [4.78, 5) is 23.1. The summed E-state index contributed by atoms with van der Waals surface area (Å²) < 4.78 is 5.26. The summed E-state index contributed by atoms with van der Waals surface area (Å²) in [5, 5.41) is 20.8. The topological polar surface area (TPSA) is 95.8 Å². The van der Waals surface area contributed by atoms with E-state index in [2.05, 4.69) is 9.97 Å². The van der Waals surface area contributed by atoms with Crippen LogP contribution in [0, 0.1) is 5.41 Å². The van der Waals surface area contributed by atoms with Crippen LogP contribution >= 0.6 is 0 Å². The molecule has 1 aromatic heterocycles. The molecule has 2 atom stereocenters. The first kappa shape index (κ1) is 18.7. The van der Waals surface area contributed by atoms with Gasteiger partial charge in [0.1, 0.15) is 23.3 Å². The van der Waals surface area contributed by atoms with Crippen molar-refractivity contribution in [3.05, 3.63) is 47.9 Å². The molecule has 0 spiro atoms. The van der Waals surface area contributed by atoms with E-state index in [1.807, 2.05) is 35.2 Å². The van der Waals surface area contributed by atoms with Gasteiger partial charge in [-0.1, -0.05) is 12.1 Å². The van der Waals surface area contributed by atoms with Crippen molar-refractivity contribution in [3.63, 3.8) is 0 Å². The zero-order chi connectivity index (χ0) is 19.7. The van der Waals surface area contributed by atoms with E-state index < -0.39 is 17.5 Å². The highest BCUT2D eigenvalue weighted by molar-refractivity contribution is 5.77. The van der Waals surface area contributed by atoms with Gasteiger partial charge in [0.15, 0.2) is 0 Å². The third-order valence-corrected chi connectivity index (χ3v) is 5.86. The summed E-state index contributed by atoms with van der Waals surface area (Å²) in [6.45, 7) is 0.761. The summed E-state index contributed by atoms with van der Waals surface area (Å²) >= 11 is 0. The molecule has 2 fully saturated rings. The van der Waals surface area contributed by atoms with Crippen LogP contribution in [0.15, 0.2) is 36.7 Å². The number of aliphatic hydroxyl groups is 1. The lowest BCUT2D eigenvalue weighted by Gasteiger charge is -2.44. The summed E-state index contributed by atoms with van der Waals surface area (Å²) in [7, 11) is 1.58. The van der Waals surface area contributed by atoms with Crippen molar-refractivity contribution in [1.82, 2.24) is 9.97 Å². The lowest BCUT2D eigenvalue weighted by atomic mass is 9.73. The Bertz CT molecular complexity index is 870. The van der Waals surface area contributed by atoms with E-state index in [4.69, 9.17) is 4.74 Å². The molecular weight excluding hydrogens is 358 g/mol. The van der Waals surface area contributed by atoms with Crippen molar-refractivity contribution in [1.29, 1.82) is 0 Å². The number of piperidine rings is 1. The van der Waals surface area contributed by atoms with Crippen molar-refractivity contribution in [3.8, 4) is 5.75 Å². The summed E-state index contributed by atoms with van der Waals surface area (Å²) in [5.74, 6) is 0.910. The molecule has 148 valence electrons. The number of hydrogen-bond donors (Lipinski definition) is 2. The molecule has 2 aliphatic rings. The molecule has 7 nitrogen and oxygen atoms in total. The van der Waals surface area contributed by atoms with Crippen LogP contribution in [0.5, 0.6) is 5.75 Å². The third kappa shape index (κ3) is 3.54. The van der Waals surface area contributed by atoms with Gasteiger partial charge in [0.25, 0.3) is 0 Å². The lowest BCUT2D eigenvalue weighted by molar-refractivity contribution is -0.157. The first-order valence-corrected chi connectivity index (χ1v) is 9.63. The number of aromatic nitrogens is 2. The number of aliphatic hydroxyl groups excluding tert-OH is 1. The van der Waals surface area contributed by atoms with Crippen LogP contribution in [0.3, 0.4) is 0 Å². The Kier molecular flexibility index (Phi) is 4.93. The smallest absolute Gasteiger partial charge is 0.314 e. The standard InChI is InChI=1S/C21H25N3O4/c1-28-16-4-2-3-14(9-16)11-21(20(26)27)12-24(8-7-18(21)25)19-10-17(15-5-6-15)22-13-23-19/h2-4,9-10,13,15,18,25H,5-8,11-12H2,1H3,(H,26,27)/t18-,21+/m0/s1. The molecule has 0 radical (unpaired) electrons. The van der Waals surface area contributed by atoms with Crippen LogP contribution in [0.1, 0.15) is 36.4 Å². The average Bonchev–Trinajstić information content (AvgIpc) is 3.55. The summed E-state index contributed by atoms with van der Waals surface area (Å²) in [6, 6.07) is 9.32. The highest BCUT2D eigenvalue weighted by Gasteiger charge is 2.49. The van der Waals surface area contributed by atoms with Gasteiger partial charge in [0.05, 0.1) is 13.2 Å². The molecule has 4 rings (SSSR count). The van der Waals surface area contributed by atoms with Gasteiger partial charge in [-0.05, 0) is 43.4 Å². The van der Waals surface area contributed by atoms with E-state index in [1.165, 1.54) is 0 Å². The molecule has 1 saturated carbocycles. The number of methoxy groups -OCH3 is 1. The fourth-order valence-electron chi connectivity index (χ4n) is 4.02. The highest BCUT2D eigenvalue weighted by Crippen LogP contribution is 2.41. The van der Waals surface area contributed by atoms with Gasteiger partial charge < -0.3 is 19.8 Å². The van der Waals surface area contributed by atoms with Gasteiger partial charge in [-0.15, -0.1) is 0 Å². The maximum atomic E-state index is 12.4. The molecule has 2 aromatic rings. The van der Waals surface area contributed by atoms with E-state index in [-0.39, 0.29) is 13.0 Å². The molecule has 0 bridgehead atoms. The normalized spacial score (nSPS) is 24.8. The van der Waals surface area contributed by atoms with Crippen LogP contribution in [0.2, 0.25) is 0 Å². The Hall–Kier alpha value is -2.67. The molecule has 1 aliphatic carbocycles. The molecule has 2 heterocycles. The minimum absolute atomic E-state index is 0.196.